The molecular formula is C18H22ClN3O4S. The number of nitrogens with zero attached hydrogens (tertiary/aromatic N) is 3. The lowest BCUT2D eigenvalue weighted by atomic mass is 10.1. The predicted molar refractivity (Wildman–Crippen MR) is 103 cm³/mol. The van der Waals surface area contributed by atoms with Crippen molar-refractivity contribution < 1.29 is 18.0 Å². The third-order valence-electron chi connectivity index (χ3n) is 5.11. The van der Waals surface area contributed by atoms with Crippen LogP contribution in [0.4, 0.5) is 0 Å². The number of carbonyl (C=O) groups is 2. The van der Waals surface area contributed by atoms with Crippen LogP contribution in [-0.4, -0.2) is 60.4 Å². The quantitative estimate of drug-likeness (QED) is 0.758. The van der Waals surface area contributed by atoms with E-state index in [0.717, 1.165) is 5.56 Å². The van der Waals surface area contributed by atoms with E-state index in [-0.39, 0.29) is 47.9 Å². The Kier molecular flexibility index (Phi) is 5.58. The summed E-state index contributed by atoms with van der Waals surface area (Å²) in [6.45, 7) is 1.90. The van der Waals surface area contributed by atoms with Crippen LogP contribution < -0.4 is 0 Å². The fourth-order valence-electron chi connectivity index (χ4n) is 3.32. The molecule has 9 heteroatoms. The van der Waals surface area contributed by atoms with E-state index in [4.69, 9.17) is 11.6 Å². The summed E-state index contributed by atoms with van der Waals surface area (Å²) in [6.07, 6.45) is 0.770. The first-order valence-electron chi connectivity index (χ1n) is 8.80. The van der Waals surface area contributed by atoms with Crippen LogP contribution in [0.2, 0.25) is 5.02 Å². The van der Waals surface area contributed by atoms with E-state index in [2.05, 4.69) is 5.10 Å². The highest BCUT2D eigenvalue weighted by Gasteiger charge is 2.37. The first-order chi connectivity index (χ1) is 12.7. The maximum absolute atomic E-state index is 12.9. The van der Waals surface area contributed by atoms with Gasteiger partial charge in [-0.3, -0.25) is 9.59 Å². The number of rotatable bonds is 4. The molecule has 7 nitrogen and oxygen atoms in total. The summed E-state index contributed by atoms with van der Waals surface area (Å²) in [5.41, 5.74) is 1.21. The minimum Gasteiger partial charge on any atom is -0.334 e. The molecule has 0 saturated carbocycles. The van der Waals surface area contributed by atoms with E-state index in [9.17, 15) is 18.0 Å². The lowest BCUT2D eigenvalue weighted by Gasteiger charge is -2.30. The van der Waals surface area contributed by atoms with Gasteiger partial charge in [0.1, 0.15) is 5.71 Å². The zero-order valence-corrected chi connectivity index (χ0v) is 16.8. The summed E-state index contributed by atoms with van der Waals surface area (Å²) in [4.78, 5) is 26.7. The van der Waals surface area contributed by atoms with E-state index in [1.165, 1.54) is 5.01 Å². The van der Waals surface area contributed by atoms with Crippen LogP contribution in [-0.2, 0) is 19.4 Å². The van der Waals surface area contributed by atoms with Gasteiger partial charge in [0.15, 0.2) is 9.84 Å². The van der Waals surface area contributed by atoms with Gasteiger partial charge in [0.05, 0.1) is 23.6 Å². The number of halogens is 1. The number of sulfone groups is 1. The third kappa shape index (κ3) is 4.32. The molecule has 1 aromatic rings. The average molecular weight is 412 g/mol. The third-order valence-corrected chi connectivity index (χ3v) is 7.12. The standard InChI is InChI=1S/C18H22ClN3O4S/c1-12(13-3-5-14(19)6-4-13)21(2)18(24)16-7-8-17(23)22(20-16)15-9-10-27(25,26)11-15/h3-6,12,15H,7-11H2,1-2H3. The maximum atomic E-state index is 12.9. The van der Waals surface area contributed by atoms with Gasteiger partial charge >= 0.3 is 0 Å². The average Bonchev–Trinajstić information content (AvgIpc) is 3.00. The smallest absolute Gasteiger partial charge is 0.270 e. The number of hydrogen-bond donors (Lipinski definition) is 0. The van der Waals surface area contributed by atoms with Gasteiger partial charge in [-0.2, -0.15) is 5.10 Å². The van der Waals surface area contributed by atoms with Crippen molar-refractivity contribution in [3.05, 3.63) is 34.9 Å². The molecule has 1 aromatic carbocycles. The van der Waals surface area contributed by atoms with Crippen LogP contribution in [0.1, 0.15) is 37.8 Å². The summed E-state index contributed by atoms with van der Waals surface area (Å²) >= 11 is 5.91. The normalized spacial score (nSPS) is 23.1. The Morgan fingerprint density at radius 3 is 2.56 bits per heavy atom. The predicted octanol–water partition coefficient (Wildman–Crippen LogP) is 2.02. The minimum atomic E-state index is -3.14. The minimum absolute atomic E-state index is 0.0494. The first-order valence-corrected chi connectivity index (χ1v) is 11.0. The lowest BCUT2D eigenvalue weighted by molar-refractivity contribution is -0.134. The first kappa shape index (κ1) is 19.8. The van der Waals surface area contributed by atoms with E-state index >= 15 is 0 Å². The van der Waals surface area contributed by atoms with Gasteiger partial charge in [0.2, 0.25) is 5.91 Å². The topological polar surface area (TPSA) is 87.1 Å². The highest BCUT2D eigenvalue weighted by atomic mass is 35.5. The van der Waals surface area contributed by atoms with Crippen LogP contribution in [0.15, 0.2) is 29.4 Å². The van der Waals surface area contributed by atoms with Crippen LogP contribution in [0.25, 0.3) is 0 Å². The number of carbonyl (C=O) groups excluding carboxylic acids is 2. The molecule has 0 spiro atoms. The van der Waals surface area contributed by atoms with Crippen LogP contribution in [0.3, 0.4) is 0 Å². The molecule has 0 radical (unpaired) electrons. The van der Waals surface area contributed by atoms with Crippen molar-refractivity contribution in [3.63, 3.8) is 0 Å². The fraction of sp³-hybridized carbons (Fsp3) is 0.500. The molecule has 0 aromatic heterocycles. The molecule has 2 unspecified atom stereocenters. The number of benzene rings is 1. The second-order valence-corrected chi connectivity index (χ2v) is 9.65. The van der Waals surface area contributed by atoms with Crippen molar-refractivity contribution in [2.45, 2.75) is 38.3 Å². The molecule has 1 saturated heterocycles. The number of hydrogen-bond acceptors (Lipinski definition) is 5. The Morgan fingerprint density at radius 1 is 1.30 bits per heavy atom. The molecule has 1 fully saturated rings. The van der Waals surface area contributed by atoms with Crippen molar-refractivity contribution in [3.8, 4) is 0 Å². The van der Waals surface area contributed by atoms with E-state index in [1.54, 1.807) is 24.1 Å². The molecular weight excluding hydrogens is 390 g/mol. The van der Waals surface area contributed by atoms with Gasteiger partial charge < -0.3 is 4.90 Å². The Morgan fingerprint density at radius 2 is 1.96 bits per heavy atom. The molecule has 2 heterocycles. The van der Waals surface area contributed by atoms with Crippen LogP contribution in [0, 0.1) is 0 Å². The molecule has 2 atom stereocenters. The van der Waals surface area contributed by atoms with Crippen LogP contribution in [0.5, 0.6) is 0 Å². The summed E-state index contributed by atoms with van der Waals surface area (Å²) < 4.78 is 23.4. The highest BCUT2D eigenvalue weighted by Crippen LogP contribution is 2.25. The fourth-order valence-corrected chi connectivity index (χ4v) is 5.14. The monoisotopic (exact) mass is 411 g/mol. The van der Waals surface area contributed by atoms with Gasteiger partial charge in [0, 0.05) is 24.9 Å². The zero-order chi connectivity index (χ0) is 19.8. The van der Waals surface area contributed by atoms with E-state index < -0.39 is 15.9 Å². The lowest BCUT2D eigenvalue weighted by Crippen LogP contribution is -2.44. The molecule has 0 aliphatic carbocycles. The molecule has 2 aliphatic heterocycles. The van der Waals surface area contributed by atoms with Gasteiger partial charge in [0.25, 0.3) is 5.91 Å². The summed E-state index contributed by atoms with van der Waals surface area (Å²) in [5.74, 6) is -0.549. The summed E-state index contributed by atoms with van der Waals surface area (Å²) in [6, 6.07) is 6.58. The molecule has 27 heavy (non-hydrogen) atoms. The molecule has 0 N–H and O–H groups in total. The van der Waals surface area contributed by atoms with Crippen molar-refractivity contribution in [2.24, 2.45) is 5.10 Å². The van der Waals surface area contributed by atoms with Crippen molar-refractivity contribution in [2.75, 3.05) is 18.6 Å². The van der Waals surface area contributed by atoms with E-state index in [1.807, 2.05) is 19.1 Å². The van der Waals surface area contributed by atoms with E-state index in [0.29, 0.717) is 11.4 Å². The number of hydrazone groups is 1. The number of amides is 2. The van der Waals surface area contributed by atoms with Crippen LogP contribution >= 0.6 is 11.6 Å². The Labute approximate surface area is 163 Å². The van der Waals surface area contributed by atoms with Gasteiger partial charge in [-0.15, -0.1) is 0 Å². The van der Waals surface area contributed by atoms with Gasteiger partial charge in [-0.25, -0.2) is 13.4 Å². The molecule has 2 aliphatic rings. The summed E-state index contributed by atoms with van der Waals surface area (Å²) in [5, 5.41) is 6.08. The second kappa shape index (κ2) is 7.59. The van der Waals surface area contributed by atoms with Gasteiger partial charge in [-0.1, -0.05) is 23.7 Å². The van der Waals surface area contributed by atoms with Crippen molar-refractivity contribution in [1.82, 2.24) is 9.91 Å². The van der Waals surface area contributed by atoms with Gasteiger partial charge in [-0.05, 0) is 31.0 Å². The molecule has 2 amide bonds. The zero-order valence-electron chi connectivity index (χ0n) is 15.3. The largest absolute Gasteiger partial charge is 0.334 e. The SMILES string of the molecule is CC(c1ccc(Cl)cc1)N(C)C(=O)C1=NN(C2CCS(=O)(=O)C2)C(=O)CC1. The Bertz CT molecular complexity index is 882. The molecule has 0 bridgehead atoms. The summed E-state index contributed by atoms with van der Waals surface area (Å²) in [7, 11) is -1.46. The maximum Gasteiger partial charge on any atom is 0.270 e. The second-order valence-electron chi connectivity index (χ2n) is 6.99. The Hall–Kier alpha value is -1.93. The Balaban J connectivity index is 1.77. The molecule has 3 rings (SSSR count). The van der Waals surface area contributed by atoms with Crippen molar-refractivity contribution >= 4 is 39.0 Å². The molecule has 146 valence electrons. The highest BCUT2D eigenvalue weighted by molar-refractivity contribution is 7.91. The van der Waals surface area contributed by atoms with Crippen molar-refractivity contribution in [1.29, 1.82) is 0 Å².